The smallest absolute Gasteiger partial charge is 0.245 e. The van der Waals surface area contributed by atoms with Crippen molar-refractivity contribution in [2.45, 2.75) is 18.9 Å². The molecule has 1 aliphatic rings. The Morgan fingerprint density at radius 1 is 1.08 bits per heavy atom. The van der Waals surface area contributed by atoms with E-state index >= 15 is 0 Å². The number of rotatable bonds is 8. The Balaban J connectivity index is 1.45. The van der Waals surface area contributed by atoms with Crippen LogP contribution in [0.4, 0.5) is 17.2 Å². The molecule has 37 heavy (non-hydrogen) atoms. The minimum atomic E-state index is -0.0267. The van der Waals surface area contributed by atoms with E-state index in [9.17, 15) is 4.79 Å². The molecule has 0 aliphatic carbocycles. The van der Waals surface area contributed by atoms with Gasteiger partial charge in [0.05, 0.1) is 37.4 Å². The number of anilines is 3. The van der Waals surface area contributed by atoms with Gasteiger partial charge in [-0.15, -0.1) is 0 Å². The summed E-state index contributed by atoms with van der Waals surface area (Å²) in [5.74, 6) is 2.74. The molecular formula is C28H29N5O4. The molecule has 2 aromatic carbocycles. The van der Waals surface area contributed by atoms with E-state index in [1.807, 2.05) is 47.4 Å². The maximum absolute atomic E-state index is 11.9. The molecule has 0 radical (unpaired) electrons. The van der Waals surface area contributed by atoms with Gasteiger partial charge in [-0.3, -0.25) is 4.79 Å². The number of nitrogens with one attached hydrogen (secondary N) is 2. The van der Waals surface area contributed by atoms with E-state index < -0.39 is 0 Å². The number of hydrogen-bond acceptors (Lipinski definition) is 8. The van der Waals surface area contributed by atoms with Gasteiger partial charge in [-0.05, 0) is 55.3 Å². The van der Waals surface area contributed by atoms with Gasteiger partial charge in [0.1, 0.15) is 29.4 Å². The van der Waals surface area contributed by atoms with Crippen LogP contribution in [-0.2, 0) is 4.79 Å². The average Bonchev–Trinajstić information content (AvgIpc) is 3.48. The summed E-state index contributed by atoms with van der Waals surface area (Å²) in [6.07, 6.45) is 6.19. The molecule has 1 fully saturated rings. The number of hydrogen-bond donors (Lipinski definition) is 2. The standard InChI is InChI=1S/C28H29N5O4/c1-4-27(34)33-11-9-19(10-12-33)31-23-15-20-21(16-26(23)36-3)29-17-30-28(20)32-22-14-18(7-8-25(22)35-2)24-6-5-13-37-24/h4-8,13-17,19,31H,1,9-12H2,2-3H3,(H,29,30,32). The first-order chi connectivity index (χ1) is 18.1. The molecule has 9 nitrogen and oxygen atoms in total. The molecule has 1 saturated heterocycles. The van der Waals surface area contributed by atoms with Gasteiger partial charge in [-0.2, -0.15) is 0 Å². The number of aromatic nitrogens is 2. The van der Waals surface area contributed by atoms with Gasteiger partial charge in [0.15, 0.2) is 0 Å². The second-order valence-corrected chi connectivity index (χ2v) is 8.76. The van der Waals surface area contributed by atoms with Crippen LogP contribution < -0.4 is 20.1 Å². The Morgan fingerprint density at radius 2 is 1.89 bits per heavy atom. The Labute approximate surface area is 215 Å². The van der Waals surface area contributed by atoms with Crippen molar-refractivity contribution in [3.8, 4) is 22.8 Å². The first kappa shape index (κ1) is 24.2. The number of furan rings is 1. The number of carbonyl (C=O) groups is 1. The highest BCUT2D eigenvalue weighted by molar-refractivity contribution is 5.95. The highest BCUT2D eigenvalue weighted by atomic mass is 16.5. The van der Waals surface area contributed by atoms with Crippen molar-refractivity contribution in [2.75, 3.05) is 37.9 Å². The molecule has 5 rings (SSSR count). The highest BCUT2D eigenvalue weighted by Crippen LogP contribution is 2.37. The fourth-order valence-corrected chi connectivity index (χ4v) is 4.59. The molecule has 9 heteroatoms. The summed E-state index contributed by atoms with van der Waals surface area (Å²) in [4.78, 5) is 22.7. The van der Waals surface area contributed by atoms with Gasteiger partial charge < -0.3 is 29.4 Å². The minimum absolute atomic E-state index is 0.0267. The van der Waals surface area contributed by atoms with Gasteiger partial charge in [0.25, 0.3) is 0 Å². The second-order valence-electron chi connectivity index (χ2n) is 8.76. The first-order valence-electron chi connectivity index (χ1n) is 12.1. The number of fused-ring (bicyclic) bond motifs is 1. The first-order valence-corrected chi connectivity index (χ1v) is 12.1. The molecule has 1 amide bonds. The van der Waals surface area contributed by atoms with Gasteiger partial charge in [-0.1, -0.05) is 6.58 Å². The van der Waals surface area contributed by atoms with E-state index in [2.05, 4.69) is 27.2 Å². The normalized spacial score (nSPS) is 13.8. The third kappa shape index (κ3) is 5.06. The maximum atomic E-state index is 11.9. The summed E-state index contributed by atoms with van der Waals surface area (Å²) in [5.41, 5.74) is 3.25. The van der Waals surface area contributed by atoms with Crippen LogP contribution in [0.1, 0.15) is 12.8 Å². The molecule has 0 saturated carbocycles. The molecule has 190 valence electrons. The number of likely N-dealkylation sites (tertiary alicyclic amines) is 1. The summed E-state index contributed by atoms with van der Waals surface area (Å²) in [6.45, 7) is 4.95. The maximum Gasteiger partial charge on any atom is 0.245 e. The fraction of sp³-hybridized carbons (Fsp3) is 0.250. The third-order valence-corrected chi connectivity index (χ3v) is 6.56. The van der Waals surface area contributed by atoms with Crippen LogP contribution in [0.5, 0.6) is 11.5 Å². The van der Waals surface area contributed by atoms with Crippen molar-refractivity contribution in [2.24, 2.45) is 0 Å². The lowest BCUT2D eigenvalue weighted by Crippen LogP contribution is -2.41. The van der Waals surface area contributed by atoms with E-state index in [-0.39, 0.29) is 11.9 Å². The summed E-state index contributed by atoms with van der Waals surface area (Å²) < 4.78 is 16.8. The highest BCUT2D eigenvalue weighted by Gasteiger charge is 2.23. The van der Waals surface area contributed by atoms with E-state index in [1.54, 1.807) is 20.5 Å². The van der Waals surface area contributed by atoms with Crippen molar-refractivity contribution >= 4 is 34.0 Å². The molecule has 0 unspecified atom stereocenters. The zero-order valence-electron chi connectivity index (χ0n) is 20.9. The largest absolute Gasteiger partial charge is 0.495 e. The molecule has 0 bridgehead atoms. The molecule has 0 atom stereocenters. The van der Waals surface area contributed by atoms with Crippen molar-refractivity contribution in [3.05, 3.63) is 67.7 Å². The second kappa shape index (κ2) is 10.6. The van der Waals surface area contributed by atoms with Crippen LogP contribution in [0.15, 0.2) is 72.1 Å². The summed E-state index contributed by atoms with van der Waals surface area (Å²) in [6, 6.07) is 13.7. The van der Waals surface area contributed by atoms with Crippen molar-refractivity contribution in [3.63, 3.8) is 0 Å². The van der Waals surface area contributed by atoms with E-state index in [4.69, 9.17) is 13.9 Å². The van der Waals surface area contributed by atoms with Crippen LogP contribution in [-0.4, -0.2) is 54.1 Å². The zero-order valence-corrected chi connectivity index (χ0v) is 20.9. The fourth-order valence-electron chi connectivity index (χ4n) is 4.59. The lowest BCUT2D eigenvalue weighted by Gasteiger charge is -2.32. The quantitative estimate of drug-likeness (QED) is 0.318. The van der Waals surface area contributed by atoms with Crippen molar-refractivity contribution in [1.29, 1.82) is 0 Å². The van der Waals surface area contributed by atoms with Gasteiger partial charge in [0, 0.05) is 36.1 Å². The number of benzene rings is 2. The van der Waals surface area contributed by atoms with Crippen LogP contribution in [0.25, 0.3) is 22.2 Å². The summed E-state index contributed by atoms with van der Waals surface area (Å²) in [5, 5.41) is 7.85. The van der Waals surface area contributed by atoms with Crippen LogP contribution in [0, 0.1) is 0 Å². The third-order valence-electron chi connectivity index (χ3n) is 6.56. The Kier molecular flexibility index (Phi) is 6.93. The van der Waals surface area contributed by atoms with Crippen molar-refractivity contribution < 1.29 is 18.7 Å². The van der Waals surface area contributed by atoms with E-state index in [0.717, 1.165) is 46.4 Å². The SMILES string of the molecule is C=CC(=O)N1CCC(Nc2cc3c(Nc4cc(-c5ccco5)ccc4OC)ncnc3cc2OC)CC1. The molecule has 1 aliphatic heterocycles. The molecule has 3 heterocycles. The van der Waals surface area contributed by atoms with Gasteiger partial charge in [-0.25, -0.2) is 9.97 Å². The lowest BCUT2D eigenvalue weighted by molar-refractivity contribution is -0.126. The lowest BCUT2D eigenvalue weighted by atomic mass is 10.0. The van der Waals surface area contributed by atoms with Crippen molar-refractivity contribution in [1.82, 2.24) is 14.9 Å². The molecule has 2 N–H and O–H groups in total. The van der Waals surface area contributed by atoms with E-state index in [0.29, 0.717) is 30.4 Å². The van der Waals surface area contributed by atoms with Gasteiger partial charge in [0.2, 0.25) is 5.91 Å². The molecule has 2 aromatic heterocycles. The topological polar surface area (TPSA) is 102 Å². The number of amides is 1. The summed E-state index contributed by atoms with van der Waals surface area (Å²) >= 11 is 0. The van der Waals surface area contributed by atoms with Crippen LogP contribution in [0.2, 0.25) is 0 Å². The number of piperidine rings is 1. The predicted molar refractivity (Wildman–Crippen MR) is 143 cm³/mol. The van der Waals surface area contributed by atoms with Crippen LogP contribution in [0.3, 0.4) is 0 Å². The molecule has 0 spiro atoms. The average molecular weight is 500 g/mol. The zero-order chi connectivity index (χ0) is 25.8. The molecular weight excluding hydrogens is 470 g/mol. The van der Waals surface area contributed by atoms with E-state index in [1.165, 1.54) is 12.4 Å². The predicted octanol–water partition coefficient (Wildman–Crippen LogP) is 5.24. The van der Waals surface area contributed by atoms with Gasteiger partial charge >= 0.3 is 0 Å². The number of ether oxygens (including phenoxy) is 2. The Hall–Kier alpha value is -4.53. The minimum Gasteiger partial charge on any atom is -0.495 e. The van der Waals surface area contributed by atoms with Crippen LogP contribution >= 0.6 is 0 Å². The number of nitrogens with zero attached hydrogens (tertiary/aromatic N) is 3. The monoisotopic (exact) mass is 499 g/mol. The molecule has 4 aromatic rings. The Morgan fingerprint density at radius 3 is 2.59 bits per heavy atom. The number of carbonyl (C=O) groups excluding carboxylic acids is 1. The Bertz CT molecular complexity index is 1410. The summed E-state index contributed by atoms with van der Waals surface area (Å²) in [7, 11) is 3.27. The number of methoxy groups -OCH3 is 2.